The molecule has 1 N–H and O–H groups in total. The molecule has 0 unspecified atom stereocenters. The fraction of sp³-hybridized carbons (Fsp3) is 0.333. The van der Waals surface area contributed by atoms with Crippen molar-refractivity contribution in [1.82, 2.24) is 14.7 Å². The number of carbonyl (C=O) groups excluding carboxylic acids is 4. The largest absolute Gasteiger partial charge is 0.491 e. The van der Waals surface area contributed by atoms with Crippen LogP contribution in [0.1, 0.15) is 46.0 Å². The van der Waals surface area contributed by atoms with Crippen LogP contribution in [-0.2, 0) is 40.6 Å². The number of benzene rings is 5. The number of ether oxygens (including phenoxy) is 6. The number of rotatable bonds is 12. The van der Waals surface area contributed by atoms with E-state index in [4.69, 9.17) is 28.4 Å². The summed E-state index contributed by atoms with van der Waals surface area (Å²) in [7, 11) is 1.48. The van der Waals surface area contributed by atoms with Crippen LogP contribution in [0.25, 0.3) is 0 Å². The molecule has 0 radical (unpaired) electrons. The molecule has 340 valence electrons. The highest BCUT2D eigenvalue weighted by Crippen LogP contribution is 2.66. The van der Waals surface area contributed by atoms with Crippen molar-refractivity contribution in [2.24, 2.45) is 5.92 Å². The molecule has 66 heavy (non-hydrogen) atoms. The van der Waals surface area contributed by atoms with Crippen molar-refractivity contribution >= 4 is 29.6 Å². The van der Waals surface area contributed by atoms with Crippen LogP contribution in [0.5, 0.6) is 17.2 Å². The Morgan fingerprint density at radius 2 is 1.44 bits per heavy atom. The van der Waals surface area contributed by atoms with Crippen molar-refractivity contribution in [3.63, 3.8) is 0 Å². The maximum absolute atomic E-state index is 16.2. The number of aliphatic hydroxyl groups is 1. The van der Waals surface area contributed by atoms with Gasteiger partial charge >= 0.3 is 12.1 Å². The van der Waals surface area contributed by atoms with Gasteiger partial charge in [-0.1, -0.05) is 97.1 Å². The van der Waals surface area contributed by atoms with Gasteiger partial charge in [0.05, 0.1) is 36.9 Å². The minimum atomic E-state index is -1.88. The number of carbonyl (C=O) groups is 4. The van der Waals surface area contributed by atoms with E-state index in [1.807, 2.05) is 95.9 Å². The zero-order chi connectivity index (χ0) is 45.4. The van der Waals surface area contributed by atoms with Crippen molar-refractivity contribution in [3.05, 3.63) is 155 Å². The maximum Gasteiger partial charge on any atom is 0.421 e. The third-order valence-electron chi connectivity index (χ3n) is 13.4. The van der Waals surface area contributed by atoms with E-state index in [0.717, 1.165) is 21.6 Å². The molecular formula is C51H50N4O11. The number of anilines is 1. The first kappa shape index (κ1) is 43.1. The Morgan fingerprint density at radius 1 is 0.742 bits per heavy atom. The van der Waals surface area contributed by atoms with Gasteiger partial charge in [0.1, 0.15) is 36.5 Å². The molecule has 6 atom stereocenters. The van der Waals surface area contributed by atoms with E-state index in [0.29, 0.717) is 61.1 Å². The van der Waals surface area contributed by atoms with Crippen LogP contribution < -0.4 is 19.1 Å². The van der Waals surface area contributed by atoms with Crippen LogP contribution in [0.4, 0.5) is 10.5 Å². The summed E-state index contributed by atoms with van der Waals surface area (Å²) in [4.78, 5) is 68.9. The number of piperazine rings is 1. The molecule has 3 saturated heterocycles. The number of para-hydroxylation sites is 1. The molecule has 5 aliphatic rings. The summed E-state index contributed by atoms with van der Waals surface area (Å²) >= 11 is 0. The van der Waals surface area contributed by atoms with E-state index < -0.39 is 59.4 Å². The zero-order valence-corrected chi connectivity index (χ0v) is 36.4. The van der Waals surface area contributed by atoms with E-state index in [1.54, 1.807) is 41.3 Å². The van der Waals surface area contributed by atoms with Gasteiger partial charge in [0.15, 0.2) is 11.5 Å². The summed E-state index contributed by atoms with van der Waals surface area (Å²) in [6.45, 7) is 2.29. The van der Waals surface area contributed by atoms with Gasteiger partial charge in [-0.15, -0.1) is 0 Å². The highest BCUT2D eigenvalue weighted by molar-refractivity contribution is 6.23. The highest BCUT2D eigenvalue weighted by Gasteiger charge is 2.76. The monoisotopic (exact) mass is 894 g/mol. The predicted molar refractivity (Wildman–Crippen MR) is 239 cm³/mol. The molecule has 3 amide bonds. The Labute approximate surface area is 381 Å². The number of hydrogen-bond donors (Lipinski definition) is 1. The lowest BCUT2D eigenvalue weighted by molar-refractivity contribution is -0.179. The zero-order valence-electron chi connectivity index (χ0n) is 36.4. The quantitative estimate of drug-likeness (QED) is 0.123. The average molecular weight is 895 g/mol. The summed E-state index contributed by atoms with van der Waals surface area (Å²) in [5.74, 6) is -1.27. The highest BCUT2D eigenvalue weighted by atomic mass is 16.7. The normalized spacial score (nSPS) is 24.5. The summed E-state index contributed by atoms with van der Waals surface area (Å²) < 4.78 is 34.4. The second kappa shape index (κ2) is 18.2. The Morgan fingerprint density at radius 3 is 2.17 bits per heavy atom. The van der Waals surface area contributed by atoms with Crippen molar-refractivity contribution in [1.29, 1.82) is 0 Å². The first-order valence-electron chi connectivity index (χ1n) is 22.2. The third kappa shape index (κ3) is 7.41. The number of esters is 1. The van der Waals surface area contributed by atoms with E-state index >= 15 is 14.4 Å². The van der Waals surface area contributed by atoms with Gasteiger partial charge in [0.25, 0.3) is 0 Å². The molecule has 5 aliphatic heterocycles. The molecule has 1 spiro atoms. The Kier molecular flexibility index (Phi) is 11.9. The number of amides is 3. The van der Waals surface area contributed by atoms with Crippen LogP contribution >= 0.6 is 0 Å². The Bertz CT molecular complexity index is 2590. The number of cyclic esters (lactones) is 1. The lowest BCUT2D eigenvalue weighted by atomic mass is 9.65. The molecule has 0 saturated carbocycles. The molecule has 0 aliphatic carbocycles. The Hall–Kier alpha value is -6.78. The van der Waals surface area contributed by atoms with Crippen LogP contribution in [-0.4, -0.2) is 116 Å². The van der Waals surface area contributed by atoms with Crippen LogP contribution in [0.2, 0.25) is 0 Å². The minimum Gasteiger partial charge on any atom is -0.491 e. The van der Waals surface area contributed by atoms with Crippen molar-refractivity contribution in [2.45, 2.75) is 36.2 Å². The summed E-state index contributed by atoms with van der Waals surface area (Å²) in [6, 6.07) is 36.1. The number of aliphatic hydroxyl groups excluding tert-OH is 1. The second-order valence-corrected chi connectivity index (χ2v) is 17.0. The molecule has 15 heteroatoms. The molecule has 10 rings (SSSR count). The van der Waals surface area contributed by atoms with Crippen molar-refractivity contribution < 1.29 is 52.7 Å². The summed E-state index contributed by atoms with van der Waals surface area (Å²) in [5, 5.41) is 9.55. The number of fused-ring (bicyclic) bond motifs is 4. The van der Waals surface area contributed by atoms with E-state index in [9.17, 15) is 9.90 Å². The first-order chi connectivity index (χ1) is 32.3. The van der Waals surface area contributed by atoms with Gasteiger partial charge in [0, 0.05) is 39.8 Å². The van der Waals surface area contributed by atoms with Crippen LogP contribution in [0.3, 0.4) is 0 Å². The van der Waals surface area contributed by atoms with Gasteiger partial charge in [-0.3, -0.25) is 24.2 Å². The number of imide groups is 1. The van der Waals surface area contributed by atoms with E-state index in [1.165, 1.54) is 7.11 Å². The third-order valence-corrected chi connectivity index (χ3v) is 13.4. The van der Waals surface area contributed by atoms with Gasteiger partial charge in [-0.05, 0) is 58.1 Å². The molecule has 3 fully saturated rings. The molecule has 0 bridgehead atoms. The van der Waals surface area contributed by atoms with Gasteiger partial charge in [0.2, 0.25) is 18.6 Å². The lowest BCUT2D eigenvalue weighted by Gasteiger charge is -2.46. The van der Waals surface area contributed by atoms with Crippen LogP contribution in [0, 0.1) is 5.92 Å². The molecule has 5 aromatic carbocycles. The SMILES string of the molecule is COCCOC(=O)N1C(=O)[C@@]2(c3ccccc31)[C@H](C(=O)N1CCN(Cc3ccc4c(c3)OCO4)CC1)[C@H]1C(=O)O[C@H](c3ccccc3)[C@H](c3ccccc3)N1[C@@H]2c1ccc(OCCO)cc1. The number of methoxy groups -OCH3 is 1. The molecule has 0 aromatic heterocycles. The molecule has 5 aromatic rings. The average Bonchev–Trinajstić information content (AvgIpc) is 4.03. The van der Waals surface area contributed by atoms with Gasteiger partial charge in [-0.2, -0.15) is 0 Å². The first-order valence-corrected chi connectivity index (χ1v) is 22.2. The number of nitrogens with zero attached hydrogens (tertiary/aromatic N) is 4. The maximum atomic E-state index is 16.2. The van der Waals surface area contributed by atoms with Gasteiger partial charge in [-0.25, -0.2) is 9.69 Å². The van der Waals surface area contributed by atoms with E-state index in [2.05, 4.69) is 4.90 Å². The fourth-order valence-corrected chi connectivity index (χ4v) is 10.6. The topological polar surface area (TPSA) is 157 Å². The molecular weight excluding hydrogens is 845 g/mol. The Balaban J connectivity index is 1.14. The minimum absolute atomic E-state index is 0.0636. The fourth-order valence-electron chi connectivity index (χ4n) is 10.6. The smallest absolute Gasteiger partial charge is 0.421 e. The standard InChI is InChI=1S/C51H50N4O11/c1-61-28-29-63-50(60)54-39-15-9-8-14-38(39)51(49(54)59)42(47(57)53-24-22-52(23-25-53)31-33-16-21-40-41(30-33)65-32-64-40)44-48(58)66-45(35-12-6-3-7-13-35)43(34-10-4-2-5-11-34)55(44)46(51)36-17-19-37(20-18-36)62-27-26-56/h2-21,30,42-46,56H,22-29,31-32H2,1H3/t42-,43-,44-,45+,46+,51-/m0/s1. The number of morpholine rings is 1. The van der Waals surface area contributed by atoms with E-state index in [-0.39, 0.29) is 38.9 Å². The van der Waals surface area contributed by atoms with Crippen molar-refractivity contribution in [2.75, 3.05) is 71.4 Å². The number of hydrogen-bond acceptors (Lipinski definition) is 13. The summed E-state index contributed by atoms with van der Waals surface area (Å²) in [6.07, 6.45) is -1.79. The van der Waals surface area contributed by atoms with Crippen molar-refractivity contribution in [3.8, 4) is 17.2 Å². The molecule has 15 nitrogen and oxygen atoms in total. The predicted octanol–water partition coefficient (Wildman–Crippen LogP) is 5.58. The second-order valence-electron chi connectivity index (χ2n) is 17.0. The summed E-state index contributed by atoms with van der Waals surface area (Å²) in [5.41, 5.74) is 1.95. The lowest BCUT2D eigenvalue weighted by Crippen LogP contribution is -2.59. The molecule has 5 heterocycles. The van der Waals surface area contributed by atoms with Crippen LogP contribution in [0.15, 0.2) is 127 Å². The van der Waals surface area contributed by atoms with Gasteiger partial charge < -0.3 is 38.4 Å².